The molecule has 25 nitrogen and oxygen atoms in total. The normalized spacial score (nSPS) is 11.2. The van der Waals surface area contributed by atoms with Crippen molar-refractivity contribution in [3.05, 3.63) is 361 Å². The van der Waals surface area contributed by atoms with Crippen molar-refractivity contribution >= 4 is 91.9 Å². The van der Waals surface area contributed by atoms with Crippen molar-refractivity contribution in [2.24, 2.45) is 0 Å². The number of anilines is 6. The summed E-state index contributed by atoms with van der Waals surface area (Å²) >= 11 is 1.72. The highest BCUT2D eigenvalue weighted by molar-refractivity contribution is 7.11. The molecule has 0 radical (unpaired) electrons. The fraction of sp³-hybridized carbons (Fsp3) is 0.124. The Morgan fingerprint density at radius 3 is 1.34 bits per heavy atom. The second-order valence-electron chi connectivity index (χ2n) is 27.6. The number of nitrogens with zero attached hydrogens (tertiary/aromatic N) is 15. The van der Waals surface area contributed by atoms with E-state index in [1.54, 1.807) is 135 Å². The van der Waals surface area contributed by atoms with E-state index in [1.807, 2.05) is 57.2 Å². The third kappa shape index (κ3) is 21.6. The maximum Gasteiger partial charge on any atom is 0.418 e. The van der Waals surface area contributed by atoms with Gasteiger partial charge in [-0.1, -0.05) is 36.3 Å². The van der Waals surface area contributed by atoms with Crippen LogP contribution in [0.25, 0.3) is 50.4 Å². The molecule has 0 aliphatic rings. The Morgan fingerprint density at radius 1 is 0.504 bits per heavy atom. The van der Waals surface area contributed by atoms with E-state index in [2.05, 4.69) is 96.3 Å². The maximum absolute atomic E-state index is 14.1. The van der Waals surface area contributed by atoms with Gasteiger partial charge in [-0.15, -0.1) is 0 Å². The topological polar surface area (TPSA) is 316 Å². The van der Waals surface area contributed by atoms with Crippen LogP contribution in [-0.2, 0) is 37.8 Å². The van der Waals surface area contributed by atoms with Gasteiger partial charge in [0.05, 0.1) is 57.4 Å². The molecule has 0 unspecified atom stereocenters. The van der Waals surface area contributed by atoms with Gasteiger partial charge in [0, 0.05) is 145 Å². The van der Waals surface area contributed by atoms with Crippen molar-refractivity contribution in [1.29, 1.82) is 0 Å². The molecule has 0 aliphatic carbocycles. The van der Waals surface area contributed by atoms with Crippen LogP contribution >= 0.6 is 23.1 Å². The molecule has 9 heterocycles. The van der Waals surface area contributed by atoms with Crippen molar-refractivity contribution in [3.8, 4) is 39.5 Å². The molecule has 15 aromatic rings. The van der Waals surface area contributed by atoms with Gasteiger partial charge < -0.3 is 26.2 Å². The summed E-state index contributed by atoms with van der Waals surface area (Å²) < 4.78 is 133. The van der Waals surface area contributed by atoms with Crippen LogP contribution in [0.2, 0.25) is 0 Å². The molecular formula is C89H67F9N20O5S2. The molecule has 6 aromatic carbocycles. The zero-order chi connectivity index (χ0) is 88.9. The molecule has 0 saturated heterocycles. The van der Waals surface area contributed by atoms with Gasteiger partial charge in [-0.05, 0) is 224 Å². The van der Waals surface area contributed by atoms with Crippen LogP contribution in [0.1, 0.15) is 120 Å². The van der Waals surface area contributed by atoms with Crippen molar-refractivity contribution in [2.45, 2.75) is 65.5 Å². The molecular weight excluding hydrogens is 1660 g/mol. The van der Waals surface area contributed by atoms with Gasteiger partial charge in [-0.2, -0.15) is 43.9 Å². The summed E-state index contributed by atoms with van der Waals surface area (Å²) in [5.74, 6) is -0.946. The molecule has 36 heteroatoms. The average molecular weight is 1730 g/mol. The summed E-state index contributed by atoms with van der Waals surface area (Å²) in [4.78, 5) is 115. The molecule has 125 heavy (non-hydrogen) atoms. The second kappa shape index (κ2) is 38.1. The summed E-state index contributed by atoms with van der Waals surface area (Å²) in [6.45, 7) is 18.1. The van der Waals surface area contributed by atoms with Gasteiger partial charge in [0.2, 0.25) is 5.82 Å². The van der Waals surface area contributed by atoms with Crippen LogP contribution in [0.3, 0.4) is 0 Å². The fourth-order valence-corrected chi connectivity index (χ4v) is 13.9. The number of aromatic amines is 1. The Labute approximate surface area is 714 Å². The zero-order valence-electron chi connectivity index (χ0n) is 66.3. The summed E-state index contributed by atoms with van der Waals surface area (Å²) in [5.41, 5.74) is 5.44. The lowest BCUT2D eigenvalue weighted by Crippen LogP contribution is -2.19. The first kappa shape index (κ1) is 87.3. The highest BCUT2D eigenvalue weighted by Gasteiger charge is 2.38. The number of carbonyl (C=O) groups excluding carboxylic acids is 4. The standard InChI is InChI=1S/C30H22F3N7O2S.C30H23F3N6O.C29H22F3N7O2S/c1-17-6-7-18(13-20(17)14-25-36-12-10-23(38-25)19-5-4-11-35-16-19)27(41)37-21-8-9-24(22(15-21)30(31,32)33)40(3)29-26(34-2)28(42)39-43-29;1-3-28-36-13-14-39(28)26-9-8-23(17-24(26)30(31,32)33)37-29(40)20-7-6-19(2)22(15-20)16-27-35-12-10-25(38-27)21-5-4-11-34-18-21;1-16-5-6-18(12-20(16)13-25-34-11-9-23(37-25)19-4-3-10-33-15-19)27(40)36-21-7-8-24(22(14-21)29(30,31)32)38-28(41)26-35-17(2)42-39-26/h4-13,15-16H,14H2,1,3H3,(H,37,41)(H,39,42);3-15,17-18H,1,16H2,2H3,(H,37,40);3-12,14-15H,13H2,1-2H3,(H,36,40)(H,38,41). The second-order valence-corrected chi connectivity index (χ2v) is 29.4. The Balaban J connectivity index is 0.000000161. The highest BCUT2D eigenvalue weighted by Crippen LogP contribution is 2.44. The lowest BCUT2D eigenvalue weighted by Gasteiger charge is -2.23. The third-order valence-corrected chi connectivity index (χ3v) is 20.7. The molecule has 628 valence electrons. The predicted octanol–water partition coefficient (Wildman–Crippen LogP) is 19.4. The minimum atomic E-state index is -4.81. The van der Waals surface area contributed by atoms with Crippen LogP contribution in [0.5, 0.6) is 0 Å². The van der Waals surface area contributed by atoms with E-state index in [9.17, 15) is 63.5 Å². The van der Waals surface area contributed by atoms with Crippen molar-refractivity contribution in [2.75, 3.05) is 33.2 Å². The van der Waals surface area contributed by atoms with Crippen molar-refractivity contribution in [1.82, 2.24) is 68.1 Å². The molecule has 5 N–H and O–H groups in total. The maximum atomic E-state index is 14.1. The van der Waals surface area contributed by atoms with Gasteiger partial charge in [-0.25, -0.2) is 44.7 Å². The predicted molar refractivity (Wildman–Crippen MR) is 455 cm³/mol. The van der Waals surface area contributed by atoms with Crippen LogP contribution in [-0.4, -0.2) is 98.8 Å². The Hall–Kier alpha value is -15.5. The van der Waals surface area contributed by atoms with Crippen LogP contribution in [0, 0.1) is 34.3 Å². The fourth-order valence-electron chi connectivity index (χ4n) is 12.7. The molecule has 0 spiro atoms. The number of benzene rings is 6. The van der Waals surface area contributed by atoms with E-state index < -0.39 is 70.1 Å². The quantitative estimate of drug-likeness (QED) is 0.0330. The number of pyridine rings is 3. The minimum absolute atomic E-state index is 0.0102. The highest BCUT2D eigenvalue weighted by atomic mass is 32.1. The van der Waals surface area contributed by atoms with E-state index in [4.69, 9.17) is 6.57 Å². The molecule has 0 saturated carbocycles. The Morgan fingerprint density at radius 2 is 0.936 bits per heavy atom. The first-order valence-electron chi connectivity index (χ1n) is 37.5. The number of alkyl halides is 9. The van der Waals surface area contributed by atoms with E-state index in [-0.39, 0.29) is 61.9 Å². The number of amides is 4. The number of hydrogen-bond donors (Lipinski definition) is 5. The molecule has 0 fully saturated rings. The molecule has 0 aliphatic heterocycles. The SMILES string of the molecule is C=Cc1nccn1-c1ccc(NC(=O)c2ccc(C)c(Cc3nccc(-c4cccnc4)n3)c2)cc1C(F)(F)F.Cc1nc(C(=O)Nc2ccc(NC(=O)c3ccc(C)c(Cc4nccc(-c5cccnc5)n4)c3)cc2C(F)(F)F)ns1.[C-]#[N+]c1c(N(C)c2ccc(NC(=O)c3ccc(C)c(Cc4nccc(-c5cccnc5)n4)c3)cc2C(F)(F)F)s[nH]c1=O. The van der Waals surface area contributed by atoms with Gasteiger partial charge >= 0.3 is 18.5 Å². The van der Waals surface area contributed by atoms with Crippen LogP contribution in [0.4, 0.5) is 78.6 Å². The summed E-state index contributed by atoms with van der Waals surface area (Å²) in [5, 5.41) is 10.4. The summed E-state index contributed by atoms with van der Waals surface area (Å²) in [7, 11) is 1.33. The van der Waals surface area contributed by atoms with Gasteiger partial charge in [0.1, 0.15) is 33.3 Å². The van der Waals surface area contributed by atoms with E-state index in [0.29, 0.717) is 58.7 Å². The molecule has 4 amide bonds. The van der Waals surface area contributed by atoms with Crippen LogP contribution in [0.15, 0.2) is 243 Å². The van der Waals surface area contributed by atoms with Gasteiger partial charge in [0.15, 0.2) is 0 Å². The van der Waals surface area contributed by atoms with Gasteiger partial charge in [-0.3, -0.25) is 47.9 Å². The number of hydrogen-bond acceptors (Lipinski definition) is 20. The van der Waals surface area contributed by atoms with E-state index in [1.165, 1.54) is 60.4 Å². The Kier molecular flexibility index (Phi) is 26.6. The Bertz CT molecular complexity index is 6640. The monoisotopic (exact) mass is 1730 g/mol. The number of imidazole rings is 1. The lowest BCUT2D eigenvalue weighted by molar-refractivity contribution is -0.138. The molecule has 0 atom stereocenters. The summed E-state index contributed by atoms with van der Waals surface area (Å²) in [6, 6.07) is 41.7. The first-order valence-corrected chi connectivity index (χ1v) is 39.1. The lowest BCUT2D eigenvalue weighted by atomic mass is 10.0. The number of H-pyrrole nitrogens is 1. The molecule has 9 aromatic heterocycles. The van der Waals surface area contributed by atoms with E-state index in [0.717, 1.165) is 108 Å². The summed E-state index contributed by atoms with van der Waals surface area (Å²) in [6.07, 6.45) is 6.05. The third-order valence-electron chi connectivity index (χ3n) is 19.1. The number of halogens is 9. The average Bonchev–Trinajstić information content (AvgIpc) is 1.77. The van der Waals surface area contributed by atoms with Gasteiger partial charge in [0.25, 0.3) is 34.9 Å². The number of aromatic nitrogens is 14. The van der Waals surface area contributed by atoms with E-state index >= 15 is 0 Å². The number of aryl methyl sites for hydroxylation is 4. The zero-order valence-corrected chi connectivity index (χ0v) is 67.9. The van der Waals surface area contributed by atoms with Crippen LogP contribution < -0.4 is 31.7 Å². The molecule has 15 rings (SSSR count). The molecule has 0 bridgehead atoms. The number of nitrogens with one attached hydrogen (secondary N) is 5. The minimum Gasteiger partial charge on any atom is -0.343 e. The number of rotatable bonds is 21. The first-order chi connectivity index (χ1) is 59.8. The van der Waals surface area contributed by atoms with Crippen molar-refractivity contribution in [3.63, 3.8) is 0 Å². The smallest absolute Gasteiger partial charge is 0.343 e. The largest absolute Gasteiger partial charge is 0.418 e. The van der Waals surface area contributed by atoms with Crippen molar-refractivity contribution < 1.29 is 58.7 Å². The number of carbonyl (C=O) groups is 4.